The number of carbonyl (C=O) groups is 1. The molecule has 0 saturated carbocycles. The lowest BCUT2D eigenvalue weighted by Crippen LogP contribution is -2.40. The van der Waals surface area contributed by atoms with Crippen molar-refractivity contribution in [1.82, 2.24) is 9.88 Å². The van der Waals surface area contributed by atoms with Crippen LogP contribution in [0.15, 0.2) is 42.6 Å². The number of likely N-dealkylation sites (tertiary alicyclic amines) is 1. The van der Waals surface area contributed by atoms with Gasteiger partial charge in [-0.2, -0.15) is 0 Å². The first-order valence-corrected chi connectivity index (χ1v) is 11.3. The third-order valence-electron chi connectivity index (χ3n) is 6.89. The van der Waals surface area contributed by atoms with Gasteiger partial charge in [-0.25, -0.2) is 13.6 Å². The molecule has 4 rings (SSSR count). The molecule has 176 valence electrons. The summed E-state index contributed by atoms with van der Waals surface area (Å²) in [4.78, 5) is 16.7. The van der Waals surface area contributed by atoms with E-state index < -0.39 is 12.4 Å². The third kappa shape index (κ3) is 5.03. The summed E-state index contributed by atoms with van der Waals surface area (Å²) in [5, 5.41) is 10.4. The number of aromatic nitrogens is 1. The van der Waals surface area contributed by atoms with Gasteiger partial charge in [-0.3, -0.25) is 0 Å². The lowest BCUT2D eigenvalue weighted by molar-refractivity contribution is 0.0696. The number of hydrogen-bond acceptors (Lipinski definition) is 3. The SMILES string of the molecule is COc1cc(C)c2[nH]ccc2c1C[C@@H]1CCN(CCC(F)F)C[C@H]1c1ccc(C(=O)O)cc1. The number of rotatable bonds is 8. The Morgan fingerprint density at radius 2 is 2.03 bits per heavy atom. The first-order chi connectivity index (χ1) is 15.9. The molecule has 0 amide bonds. The summed E-state index contributed by atoms with van der Waals surface area (Å²) >= 11 is 0. The molecule has 1 fully saturated rings. The molecule has 2 N–H and O–H groups in total. The highest BCUT2D eigenvalue weighted by molar-refractivity contribution is 5.88. The number of ether oxygens (including phenoxy) is 1. The minimum atomic E-state index is -2.31. The summed E-state index contributed by atoms with van der Waals surface area (Å²) in [6.07, 6.45) is 1.17. The molecule has 0 aliphatic carbocycles. The summed E-state index contributed by atoms with van der Waals surface area (Å²) < 4.78 is 31.4. The minimum Gasteiger partial charge on any atom is -0.496 e. The van der Waals surface area contributed by atoms with Gasteiger partial charge in [-0.15, -0.1) is 0 Å². The molecule has 1 saturated heterocycles. The lowest BCUT2D eigenvalue weighted by atomic mass is 9.76. The van der Waals surface area contributed by atoms with Crippen LogP contribution in [0.4, 0.5) is 8.78 Å². The van der Waals surface area contributed by atoms with Crippen molar-refractivity contribution in [2.24, 2.45) is 5.92 Å². The molecule has 1 aliphatic heterocycles. The smallest absolute Gasteiger partial charge is 0.335 e. The number of nitrogens with zero attached hydrogens (tertiary/aromatic N) is 1. The zero-order valence-electron chi connectivity index (χ0n) is 19.0. The first kappa shape index (κ1) is 23.2. The van der Waals surface area contributed by atoms with E-state index in [9.17, 15) is 18.7 Å². The highest BCUT2D eigenvalue weighted by atomic mass is 19.3. The van der Waals surface area contributed by atoms with Gasteiger partial charge in [0.05, 0.1) is 12.7 Å². The molecule has 2 heterocycles. The highest BCUT2D eigenvalue weighted by Crippen LogP contribution is 2.39. The number of H-pyrrole nitrogens is 1. The summed E-state index contributed by atoms with van der Waals surface area (Å²) in [5.74, 6) is 0.289. The Morgan fingerprint density at radius 3 is 2.70 bits per heavy atom. The van der Waals surface area contributed by atoms with Gasteiger partial charge in [0.2, 0.25) is 6.43 Å². The monoisotopic (exact) mass is 456 g/mol. The Kier molecular flexibility index (Phi) is 6.98. The zero-order valence-corrected chi connectivity index (χ0v) is 19.0. The average molecular weight is 457 g/mol. The molecular weight excluding hydrogens is 426 g/mol. The second kappa shape index (κ2) is 9.91. The number of nitrogens with one attached hydrogen (secondary N) is 1. The molecule has 0 radical (unpaired) electrons. The predicted octanol–water partition coefficient (Wildman–Crippen LogP) is 5.49. The van der Waals surface area contributed by atoms with Gasteiger partial charge in [-0.1, -0.05) is 12.1 Å². The van der Waals surface area contributed by atoms with Gasteiger partial charge < -0.3 is 19.7 Å². The van der Waals surface area contributed by atoms with Crippen molar-refractivity contribution in [2.45, 2.75) is 38.5 Å². The fourth-order valence-electron chi connectivity index (χ4n) is 5.14. The Hall–Kier alpha value is -2.93. The van der Waals surface area contributed by atoms with Crippen molar-refractivity contribution in [3.05, 3.63) is 64.8 Å². The van der Waals surface area contributed by atoms with Crippen LogP contribution in [-0.4, -0.2) is 54.1 Å². The number of fused-ring (bicyclic) bond motifs is 1. The van der Waals surface area contributed by atoms with Crippen LogP contribution in [0.3, 0.4) is 0 Å². The average Bonchev–Trinajstić information content (AvgIpc) is 3.30. The highest BCUT2D eigenvalue weighted by Gasteiger charge is 2.32. The van der Waals surface area contributed by atoms with Gasteiger partial charge in [0, 0.05) is 42.2 Å². The Bertz CT molecular complexity index is 1110. The standard InChI is InChI=1S/C26H30F2N2O3/c1-16-13-23(33-2)21(20-7-10-29-25(16)20)14-19-8-11-30(12-9-24(27)28)15-22(19)17-3-5-18(6-4-17)26(31)32/h3-7,10,13,19,22,24,29H,8-9,11-12,14-15H2,1-2H3,(H,31,32)/t19-,22-/m0/s1. The van der Waals surface area contributed by atoms with Gasteiger partial charge in [-0.05, 0) is 73.5 Å². The summed E-state index contributed by atoms with van der Waals surface area (Å²) in [5.41, 5.74) is 4.66. The Labute approximate surface area is 192 Å². The van der Waals surface area contributed by atoms with Crippen LogP contribution in [0, 0.1) is 12.8 Å². The number of aromatic carboxylic acids is 1. The molecule has 1 aromatic heterocycles. The lowest BCUT2D eigenvalue weighted by Gasteiger charge is -2.39. The van der Waals surface area contributed by atoms with Crippen LogP contribution in [0.5, 0.6) is 5.75 Å². The molecule has 0 bridgehead atoms. The van der Waals surface area contributed by atoms with Crippen LogP contribution in [0.2, 0.25) is 0 Å². The molecule has 0 unspecified atom stereocenters. The number of piperidine rings is 1. The van der Waals surface area contributed by atoms with E-state index in [1.165, 1.54) is 0 Å². The molecule has 1 aliphatic rings. The van der Waals surface area contributed by atoms with E-state index in [-0.39, 0.29) is 23.8 Å². The fraction of sp³-hybridized carbons (Fsp3) is 0.423. The number of alkyl halides is 2. The van der Waals surface area contributed by atoms with Gasteiger partial charge in [0.25, 0.3) is 0 Å². The number of aromatic amines is 1. The largest absolute Gasteiger partial charge is 0.496 e. The Balaban J connectivity index is 1.66. The van der Waals surface area contributed by atoms with Crippen LogP contribution in [0.1, 0.15) is 45.8 Å². The molecule has 2 atom stereocenters. The third-order valence-corrected chi connectivity index (χ3v) is 6.89. The second-order valence-electron chi connectivity index (χ2n) is 8.91. The van der Waals surface area contributed by atoms with Crippen LogP contribution in [-0.2, 0) is 6.42 Å². The number of halogens is 2. The topological polar surface area (TPSA) is 65.6 Å². The number of carboxylic acid groups (broad SMARTS) is 1. The van der Waals surface area contributed by atoms with E-state index in [1.807, 2.05) is 18.3 Å². The van der Waals surface area contributed by atoms with E-state index in [1.54, 1.807) is 19.2 Å². The van der Waals surface area contributed by atoms with Crippen molar-refractivity contribution in [2.75, 3.05) is 26.7 Å². The van der Waals surface area contributed by atoms with Crippen molar-refractivity contribution < 1.29 is 23.4 Å². The number of aryl methyl sites for hydroxylation is 1. The number of hydrogen-bond donors (Lipinski definition) is 2. The molecular formula is C26H30F2N2O3. The van der Waals surface area contributed by atoms with Crippen molar-refractivity contribution in [3.8, 4) is 5.75 Å². The van der Waals surface area contributed by atoms with Gasteiger partial charge in [0.15, 0.2) is 0 Å². The minimum absolute atomic E-state index is 0.110. The van der Waals surface area contributed by atoms with Crippen LogP contribution in [0.25, 0.3) is 10.9 Å². The fourth-order valence-corrected chi connectivity index (χ4v) is 5.14. The maximum absolute atomic E-state index is 12.8. The summed E-state index contributed by atoms with van der Waals surface area (Å²) in [6, 6.07) is 11.1. The van der Waals surface area contributed by atoms with E-state index in [2.05, 4.69) is 28.9 Å². The second-order valence-corrected chi connectivity index (χ2v) is 8.91. The van der Waals surface area contributed by atoms with Crippen LogP contribution < -0.4 is 4.74 Å². The number of methoxy groups -OCH3 is 1. The van der Waals surface area contributed by atoms with Gasteiger partial charge in [0.1, 0.15) is 5.75 Å². The predicted molar refractivity (Wildman–Crippen MR) is 125 cm³/mol. The quantitative estimate of drug-likeness (QED) is 0.471. The summed E-state index contributed by atoms with van der Waals surface area (Å²) in [6.45, 7) is 3.86. The van der Waals surface area contributed by atoms with Crippen molar-refractivity contribution >= 4 is 16.9 Å². The first-order valence-electron chi connectivity index (χ1n) is 11.3. The maximum Gasteiger partial charge on any atom is 0.335 e. The van der Waals surface area contributed by atoms with Gasteiger partial charge >= 0.3 is 5.97 Å². The molecule has 2 aromatic carbocycles. The van der Waals surface area contributed by atoms with Crippen LogP contribution >= 0.6 is 0 Å². The van der Waals surface area contributed by atoms with Crippen molar-refractivity contribution in [1.29, 1.82) is 0 Å². The van der Waals surface area contributed by atoms with E-state index in [0.29, 0.717) is 13.1 Å². The Morgan fingerprint density at radius 1 is 1.27 bits per heavy atom. The maximum atomic E-state index is 12.8. The molecule has 33 heavy (non-hydrogen) atoms. The zero-order chi connectivity index (χ0) is 23.5. The molecule has 5 nitrogen and oxygen atoms in total. The number of carboxylic acids is 1. The number of benzene rings is 2. The molecule has 7 heteroatoms. The van der Waals surface area contributed by atoms with E-state index in [4.69, 9.17) is 4.74 Å². The van der Waals surface area contributed by atoms with E-state index in [0.717, 1.165) is 52.7 Å². The summed E-state index contributed by atoms with van der Waals surface area (Å²) in [7, 11) is 1.69. The molecule has 3 aromatic rings. The normalized spacial score (nSPS) is 19.3. The molecule has 0 spiro atoms. The van der Waals surface area contributed by atoms with Crippen molar-refractivity contribution in [3.63, 3.8) is 0 Å². The van der Waals surface area contributed by atoms with E-state index >= 15 is 0 Å².